The SMILES string of the molecule is COc1ccc(NC(=O)C(c2ccccc2)N(C(=O)CNC(=O)OC(C)(C)C)C2CCC2)cc1. The number of amides is 3. The molecule has 1 saturated carbocycles. The average molecular weight is 468 g/mol. The van der Waals surface area contributed by atoms with Crippen LogP contribution in [0.25, 0.3) is 0 Å². The van der Waals surface area contributed by atoms with Gasteiger partial charge in [0.2, 0.25) is 5.91 Å². The first-order chi connectivity index (χ1) is 16.2. The maximum Gasteiger partial charge on any atom is 0.408 e. The maximum absolute atomic E-state index is 13.5. The minimum Gasteiger partial charge on any atom is -0.497 e. The molecule has 0 radical (unpaired) electrons. The Morgan fingerprint density at radius 3 is 2.21 bits per heavy atom. The Bertz CT molecular complexity index is 982. The zero-order valence-corrected chi connectivity index (χ0v) is 20.2. The van der Waals surface area contributed by atoms with Crippen molar-refractivity contribution in [2.45, 2.75) is 57.7 Å². The molecule has 0 saturated heterocycles. The number of ether oxygens (including phenoxy) is 2. The molecule has 0 aromatic heterocycles. The van der Waals surface area contributed by atoms with Crippen molar-refractivity contribution < 1.29 is 23.9 Å². The number of carbonyl (C=O) groups excluding carboxylic acids is 3. The van der Waals surface area contributed by atoms with Crippen molar-refractivity contribution in [2.24, 2.45) is 0 Å². The number of benzene rings is 2. The monoisotopic (exact) mass is 467 g/mol. The van der Waals surface area contributed by atoms with E-state index in [0.717, 1.165) is 19.3 Å². The summed E-state index contributed by atoms with van der Waals surface area (Å²) in [4.78, 5) is 40.6. The third-order valence-corrected chi connectivity index (χ3v) is 5.54. The van der Waals surface area contributed by atoms with E-state index < -0.39 is 17.7 Å². The lowest BCUT2D eigenvalue weighted by Gasteiger charge is -2.42. The molecule has 0 spiro atoms. The van der Waals surface area contributed by atoms with Crippen molar-refractivity contribution in [1.82, 2.24) is 10.2 Å². The number of anilines is 1. The van der Waals surface area contributed by atoms with Gasteiger partial charge in [0.25, 0.3) is 5.91 Å². The van der Waals surface area contributed by atoms with E-state index in [2.05, 4.69) is 10.6 Å². The summed E-state index contributed by atoms with van der Waals surface area (Å²) < 4.78 is 10.4. The van der Waals surface area contributed by atoms with Crippen LogP contribution in [0.1, 0.15) is 51.6 Å². The number of nitrogens with zero attached hydrogens (tertiary/aromatic N) is 1. The summed E-state index contributed by atoms with van der Waals surface area (Å²) in [6.07, 6.45) is 1.91. The molecule has 0 aliphatic heterocycles. The van der Waals surface area contributed by atoms with Crippen molar-refractivity contribution in [2.75, 3.05) is 19.0 Å². The highest BCUT2D eigenvalue weighted by Gasteiger charge is 2.39. The van der Waals surface area contributed by atoms with Gasteiger partial charge in [0.05, 0.1) is 7.11 Å². The standard InChI is InChI=1S/C26H33N3O5/c1-26(2,3)34-25(32)27-17-22(30)29(20-11-8-12-20)23(18-9-6-5-7-10-18)24(31)28-19-13-15-21(33-4)16-14-19/h5-7,9-10,13-16,20,23H,8,11-12,17H2,1-4H3,(H,27,32)(H,28,31). The van der Waals surface area contributed by atoms with Crippen LogP contribution in [0, 0.1) is 0 Å². The van der Waals surface area contributed by atoms with E-state index in [-0.39, 0.29) is 24.4 Å². The van der Waals surface area contributed by atoms with Gasteiger partial charge in [-0.1, -0.05) is 30.3 Å². The number of rotatable bonds is 8. The van der Waals surface area contributed by atoms with E-state index in [1.807, 2.05) is 30.3 Å². The molecule has 34 heavy (non-hydrogen) atoms. The molecule has 0 bridgehead atoms. The molecule has 1 atom stereocenters. The topological polar surface area (TPSA) is 97.0 Å². The minimum atomic E-state index is -0.846. The van der Waals surface area contributed by atoms with Crippen molar-refractivity contribution in [3.8, 4) is 5.75 Å². The van der Waals surface area contributed by atoms with Crippen molar-refractivity contribution in [3.05, 3.63) is 60.2 Å². The fourth-order valence-electron chi connectivity index (χ4n) is 3.74. The van der Waals surface area contributed by atoms with Crippen LogP contribution in [-0.2, 0) is 14.3 Å². The smallest absolute Gasteiger partial charge is 0.408 e. The quantitative estimate of drug-likeness (QED) is 0.604. The second-order valence-corrected chi connectivity index (χ2v) is 9.27. The van der Waals surface area contributed by atoms with Gasteiger partial charge in [0.15, 0.2) is 0 Å². The van der Waals surface area contributed by atoms with Gasteiger partial charge in [0, 0.05) is 11.7 Å². The molecule has 182 valence electrons. The van der Waals surface area contributed by atoms with Gasteiger partial charge in [-0.3, -0.25) is 9.59 Å². The molecule has 1 aliphatic rings. The largest absolute Gasteiger partial charge is 0.497 e. The second-order valence-electron chi connectivity index (χ2n) is 9.27. The highest BCUT2D eigenvalue weighted by atomic mass is 16.6. The fraction of sp³-hybridized carbons (Fsp3) is 0.423. The summed E-state index contributed by atoms with van der Waals surface area (Å²) in [5.74, 6) is 0.0141. The molecule has 8 heteroatoms. The van der Waals surface area contributed by atoms with E-state index in [4.69, 9.17) is 9.47 Å². The van der Waals surface area contributed by atoms with Gasteiger partial charge in [0.1, 0.15) is 23.9 Å². The van der Waals surface area contributed by atoms with Crippen LogP contribution in [0.2, 0.25) is 0 Å². The van der Waals surface area contributed by atoms with E-state index in [9.17, 15) is 14.4 Å². The third-order valence-electron chi connectivity index (χ3n) is 5.54. The Morgan fingerprint density at radius 2 is 1.68 bits per heavy atom. The third kappa shape index (κ3) is 6.73. The second kappa shape index (κ2) is 11.0. The van der Waals surface area contributed by atoms with Crippen LogP contribution < -0.4 is 15.4 Å². The summed E-state index contributed by atoms with van der Waals surface area (Å²) in [5, 5.41) is 5.46. The maximum atomic E-state index is 13.5. The van der Waals surface area contributed by atoms with Crippen LogP contribution in [-0.4, -0.2) is 48.1 Å². The van der Waals surface area contributed by atoms with Crippen LogP contribution in [0.15, 0.2) is 54.6 Å². The molecule has 3 rings (SSSR count). The molecule has 3 amide bonds. The Balaban J connectivity index is 1.83. The predicted molar refractivity (Wildman–Crippen MR) is 130 cm³/mol. The molecular formula is C26H33N3O5. The minimum absolute atomic E-state index is 0.0836. The van der Waals surface area contributed by atoms with Gasteiger partial charge in [-0.25, -0.2) is 4.79 Å². The van der Waals surface area contributed by atoms with Crippen LogP contribution in [0.5, 0.6) is 5.75 Å². The Morgan fingerprint density at radius 1 is 1.03 bits per heavy atom. The number of nitrogens with one attached hydrogen (secondary N) is 2. The van der Waals surface area contributed by atoms with E-state index in [1.165, 1.54) is 0 Å². The summed E-state index contributed by atoms with van der Waals surface area (Å²) >= 11 is 0. The Labute approximate surface area is 200 Å². The molecular weight excluding hydrogens is 434 g/mol. The lowest BCUT2D eigenvalue weighted by atomic mass is 9.88. The first kappa shape index (κ1) is 25.1. The lowest BCUT2D eigenvalue weighted by molar-refractivity contribution is -0.143. The van der Waals surface area contributed by atoms with Crippen molar-refractivity contribution in [1.29, 1.82) is 0 Å². The Kier molecular flexibility index (Phi) is 8.15. The van der Waals surface area contributed by atoms with Gasteiger partial charge in [-0.2, -0.15) is 0 Å². The Hall–Kier alpha value is -3.55. The average Bonchev–Trinajstić information content (AvgIpc) is 2.76. The van der Waals surface area contributed by atoms with Gasteiger partial charge < -0.3 is 25.0 Å². The normalized spacial score (nSPS) is 14.4. The van der Waals surface area contributed by atoms with Gasteiger partial charge >= 0.3 is 6.09 Å². The molecule has 8 nitrogen and oxygen atoms in total. The van der Waals surface area contributed by atoms with Crippen LogP contribution >= 0.6 is 0 Å². The fourth-order valence-corrected chi connectivity index (χ4v) is 3.74. The number of methoxy groups -OCH3 is 1. The first-order valence-electron chi connectivity index (χ1n) is 11.5. The molecule has 1 unspecified atom stereocenters. The van der Waals surface area contributed by atoms with Crippen LogP contribution in [0.3, 0.4) is 0 Å². The molecule has 2 aromatic carbocycles. The molecule has 1 aliphatic carbocycles. The summed E-state index contributed by atoms with van der Waals surface area (Å²) in [6, 6.07) is 15.3. The molecule has 1 fully saturated rings. The van der Waals surface area contributed by atoms with Crippen molar-refractivity contribution in [3.63, 3.8) is 0 Å². The summed E-state index contributed by atoms with van der Waals surface area (Å²) in [7, 11) is 1.58. The number of hydrogen-bond donors (Lipinski definition) is 2. The highest BCUT2D eigenvalue weighted by molar-refractivity contribution is 5.98. The zero-order chi connectivity index (χ0) is 24.7. The number of carbonyl (C=O) groups is 3. The predicted octanol–water partition coefficient (Wildman–Crippen LogP) is 4.28. The summed E-state index contributed by atoms with van der Waals surface area (Å²) in [5.41, 5.74) is 0.622. The van der Waals surface area contributed by atoms with Crippen LogP contribution in [0.4, 0.5) is 10.5 Å². The zero-order valence-electron chi connectivity index (χ0n) is 20.2. The molecule has 2 N–H and O–H groups in total. The van der Waals surface area contributed by atoms with Gasteiger partial charge in [-0.05, 0) is 69.9 Å². The van der Waals surface area contributed by atoms with E-state index in [0.29, 0.717) is 17.0 Å². The van der Waals surface area contributed by atoms with E-state index in [1.54, 1.807) is 57.0 Å². The number of alkyl carbamates (subject to hydrolysis) is 1. The van der Waals surface area contributed by atoms with Gasteiger partial charge in [-0.15, -0.1) is 0 Å². The highest BCUT2D eigenvalue weighted by Crippen LogP contribution is 2.33. The van der Waals surface area contributed by atoms with Crippen molar-refractivity contribution >= 4 is 23.6 Å². The summed E-state index contributed by atoms with van der Waals surface area (Å²) in [6.45, 7) is 5.00. The lowest BCUT2D eigenvalue weighted by Crippen LogP contribution is -2.53. The number of hydrogen-bond acceptors (Lipinski definition) is 5. The molecule has 0 heterocycles. The molecule has 2 aromatic rings. The first-order valence-corrected chi connectivity index (χ1v) is 11.5. The van der Waals surface area contributed by atoms with E-state index >= 15 is 0 Å².